The molecule has 1 aliphatic heterocycles. The average molecular weight is 276 g/mol. The molecular formula is C10H14ClN3S2. The van der Waals surface area contributed by atoms with Crippen LogP contribution in [0.25, 0.3) is 0 Å². The van der Waals surface area contributed by atoms with Crippen molar-refractivity contribution in [3.05, 3.63) is 17.0 Å². The molecule has 0 radical (unpaired) electrons. The first-order valence-corrected chi connectivity index (χ1v) is 7.76. The maximum Gasteiger partial charge on any atom is 0.224 e. The molecular weight excluding hydrogens is 262 g/mol. The van der Waals surface area contributed by atoms with Gasteiger partial charge < -0.3 is 5.32 Å². The molecule has 1 aliphatic rings. The second-order valence-corrected chi connectivity index (χ2v) is 6.51. The van der Waals surface area contributed by atoms with Gasteiger partial charge in [-0.05, 0) is 18.5 Å². The van der Waals surface area contributed by atoms with Gasteiger partial charge in [-0.25, -0.2) is 9.97 Å². The Labute approximate surface area is 109 Å². The summed E-state index contributed by atoms with van der Waals surface area (Å²) in [6, 6.07) is 1.92. The second kappa shape index (κ2) is 5.98. The Balaban J connectivity index is 1.88. The minimum Gasteiger partial charge on any atom is -0.369 e. The van der Waals surface area contributed by atoms with Gasteiger partial charge in [0.2, 0.25) is 5.28 Å². The van der Waals surface area contributed by atoms with Crippen LogP contribution in [0.2, 0.25) is 5.28 Å². The first kappa shape index (κ1) is 12.3. The van der Waals surface area contributed by atoms with Gasteiger partial charge in [0.1, 0.15) is 5.82 Å². The number of nitrogens with one attached hydrogen (secondary N) is 1. The summed E-state index contributed by atoms with van der Waals surface area (Å²) in [5.74, 6) is 4.57. The average Bonchev–Trinajstić information content (AvgIpc) is 2.27. The number of anilines is 1. The summed E-state index contributed by atoms with van der Waals surface area (Å²) in [6.45, 7) is 2.87. The lowest BCUT2D eigenvalue weighted by atomic mass is 10.4. The van der Waals surface area contributed by atoms with Crippen molar-refractivity contribution in [2.24, 2.45) is 0 Å². The van der Waals surface area contributed by atoms with Crippen molar-refractivity contribution in [1.29, 1.82) is 0 Å². The van der Waals surface area contributed by atoms with E-state index in [1.54, 1.807) is 0 Å². The molecule has 0 aliphatic carbocycles. The van der Waals surface area contributed by atoms with Crippen molar-refractivity contribution in [2.75, 3.05) is 29.1 Å². The highest BCUT2D eigenvalue weighted by atomic mass is 35.5. The van der Waals surface area contributed by atoms with E-state index in [1.165, 1.54) is 17.3 Å². The van der Waals surface area contributed by atoms with Gasteiger partial charge in [-0.2, -0.15) is 23.5 Å². The number of halogens is 1. The van der Waals surface area contributed by atoms with Crippen molar-refractivity contribution in [1.82, 2.24) is 9.97 Å². The number of nitrogens with zero attached hydrogens (tertiary/aromatic N) is 2. The molecule has 0 aromatic carbocycles. The van der Waals surface area contributed by atoms with Crippen LogP contribution in [0.5, 0.6) is 0 Å². The van der Waals surface area contributed by atoms with Gasteiger partial charge in [-0.15, -0.1) is 0 Å². The van der Waals surface area contributed by atoms with E-state index in [9.17, 15) is 0 Å². The SMILES string of the molecule is Cc1cc(NCC2CSCCS2)nc(Cl)n1. The number of hydrogen-bond donors (Lipinski definition) is 1. The second-order valence-electron chi connectivity index (χ2n) is 3.61. The standard InChI is InChI=1S/C10H14ClN3S2/c1-7-4-9(14-10(11)13-7)12-5-8-6-15-2-3-16-8/h4,8H,2-3,5-6H2,1H3,(H,12,13,14). The number of hydrogen-bond acceptors (Lipinski definition) is 5. The van der Waals surface area contributed by atoms with Crippen LogP contribution >= 0.6 is 35.1 Å². The maximum absolute atomic E-state index is 5.80. The van der Waals surface area contributed by atoms with Crippen LogP contribution < -0.4 is 5.32 Å². The Morgan fingerprint density at radius 1 is 1.50 bits per heavy atom. The van der Waals surface area contributed by atoms with Crippen molar-refractivity contribution < 1.29 is 0 Å². The van der Waals surface area contributed by atoms with Gasteiger partial charge in [-0.1, -0.05) is 0 Å². The van der Waals surface area contributed by atoms with Crippen LogP contribution in [0.3, 0.4) is 0 Å². The van der Waals surface area contributed by atoms with Gasteiger partial charge in [0.25, 0.3) is 0 Å². The largest absolute Gasteiger partial charge is 0.369 e. The summed E-state index contributed by atoms with van der Waals surface area (Å²) in [5, 5.41) is 4.31. The molecule has 6 heteroatoms. The van der Waals surface area contributed by atoms with Crippen LogP contribution in [-0.4, -0.2) is 39.0 Å². The molecule has 1 unspecified atom stereocenters. The summed E-state index contributed by atoms with van der Waals surface area (Å²) < 4.78 is 0. The molecule has 1 fully saturated rings. The molecule has 3 nitrogen and oxygen atoms in total. The third-order valence-electron chi connectivity index (χ3n) is 2.22. The third-order valence-corrected chi connectivity index (χ3v) is 5.24. The van der Waals surface area contributed by atoms with E-state index in [4.69, 9.17) is 11.6 Å². The van der Waals surface area contributed by atoms with Crippen molar-refractivity contribution in [2.45, 2.75) is 12.2 Å². The predicted octanol–water partition coefficient (Wildman–Crippen LogP) is 2.70. The lowest BCUT2D eigenvalue weighted by Gasteiger charge is -2.21. The monoisotopic (exact) mass is 275 g/mol. The third kappa shape index (κ3) is 3.71. The number of thioether (sulfide) groups is 2. The van der Waals surface area contributed by atoms with Gasteiger partial charge in [0.05, 0.1) is 0 Å². The molecule has 2 heterocycles. The molecule has 1 saturated heterocycles. The molecule has 16 heavy (non-hydrogen) atoms. The minimum atomic E-state index is 0.313. The zero-order chi connectivity index (χ0) is 11.4. The molecule has 0 spiro atoms. The number of aromatic nitrogens is 2. The Bertz CT molecular complexity index is 336. The molecule has 88 valence electrons. The minimum absolute atomic E-state index is 0.313. The van der Waals surface area contributed by atoms with Crippen molar-refractivity contribution >= 4 is 40.9 Å². The lowest BCUT2D eigenvalue weighted by Crippen LogP contribution is -2.23. The quantitative estimate of drug-likeness (QED) is 0.859. The fraction of sp³-hybridized carbons (Fsp3) is 0.600. The molecule has 2 rings (SSSR count). The Morgan fingerprint density at radius 2 is 2.38 bits per heavy atom. The molecule has 0 bridgehead atoms. The highest BCUT2D eigenvalue weighted by molar-refractivity contribution is 8.06. The van der Waals surface area contributed by atoms with E-state index in [0.29, 0.717) is 10.5 Å². The normalized spacial score (nSPS) is 20.8. The molecule has 0 saturated carbocycles. The zero-order valence-electron chi connectivity index (χ0n) is 9.07. The summed E-state index contributed by atoms with van der Waals surface area (Å²) in [4.78, 5) is 8.18. The summed E-state index contributed by atoms with van der Waals surface area (Å²) in [5.41, 5.74) is 0.896. The summed E-state index contributed by atoms with van der Waals surface area (Å²) >= 11 is 9.86. The van der Waals surface area contributed by atoms with E-state index in [-0.39, 0.29) is 0 Å². The van der Waals surface area contributed by atoms with E-state index in [1.807, 2.05) is 36.5 Å². The van der Waals surface area contributed by atoms with Crippen LogP contribution in [0.4, 0.5) is 5.82 Å². The van der Waals surface area contributed by atoms with E-state index >= 15 is 0 Å². The maximum atomic E-state index is 5.80. The molecule has 1 N–H and O–H groups in total. The first-order valence-electron chi connectivity index (χ1n) is 5.18. The number of rotatable bonds is 3. The first-order chi connectivity index (χ1) is 7.74. The highest BCUT2D eigenvalue weighted by Crippen LogP contribution is 2.24. The van der Waals surface area contributed by atoms with Crippen molar-refractivity contribution in [3.8, 4) is 0 Å². The fourth-order valence-electron chi connectivity index (χ4n) is 1.50. The Kier molecular flexibility index (Phi) is 4.61. The lowest BCUT2D eigenvalue weighted by molar-refractivity contribution is 0.982. The smallest absolute Gasteiger partial charge is 0.224 e. The fourth-order valence-corrected chi connectivity index (χ4v) is 4.33. The van der Waals surface area contributed by atoms with Gasteiger partial charge in [0.15, 0.2) is 0 Å². The van der Waals surface area contributed by atoms with Gasteiger partial charge >= 0.3 is 0 Å². The topological polar surface area (TPSA) is 37.8 Å². The predicted molar refractivity (Wildman–Crippen MR) is 73.8 cm³/mol. The van der Waals surface area contributed by atoms with E-state index in [0.717, 1.165) is 18.1 Å². The summed E-state index contributed by atoms with van der Waals surface area (Å²) in [6.07, 6.45) is 0. The highest BCUT2D eigenvalue weighted by Gasteiger charge is 2.14. The van der Waals surface area contributed by atoms with Crippen molar-refractivity contribution in [3.63, 3.8) is 0 Å². The van der Waals surface area contributed by atoms with E-state index < -0.39 is 0 Å². The Morgan fingerprint density at radius 3 is 3.06 bits per heavy atom. The zero-order valence-corrected chi connectivity index (χ0v) is 11.5. The molecule has 1 atom stereocenters. The molecule has 0 amide bonds. The van der Waals surface area contributed by atoms with Crippen LogP contribution in [0.1, 0.15) is 5.69 Å². The van der Waals surface area contributed by atoms with Gasteiger partial charge in [0, 0.05) is 40.8 Å². The summed E-state index contributed by atoms with van der Waals surface area (Å²) in [7, 11) is 0. The van der Waals surface area contributed by atoms with Crippen LogP contribution in [0.15, 0.2) is 6.07 Å². The van der Waals surface area contributed by atoms with Crippen LogP contribution in [-0.2, 0) is 0 Å². The van der Waals surface area contributed by atoms with Gasteiger partial charge in [-0.3, -0.25) is 0 Å². The van der Waals surface area contributed by atoms with Crippen LogP contribution in [0, 0.1) is 6.92 Å². The number of aryl methyl sites for hydroxylation is 1. The Hall–Kier alpha value is -0.130. The molecule has 1 aromatic heterocycles. The van der Waals surface area contributed by atoms with E-state index in [2.05, 4.69) is 15.3 Å². The molecule has 1 aromatic rings.